The Kier molecular flexibility index (Phi) is 3.10. The van der Waals surface area contributed by atoms with E-state index in [0.717, 1.165) is 36.8 Å². The molecule has 1 aliphatic carbocycles. The lowest BCUT2D eigenvalue weighted by molar-refractivity contribution is -0.384. The molecule has 0 spiro atoms. The fraction of sp³-hybridized carbons (Fsp3) is 0.267. The summed E-state index contributed by atoms with van der Waals surface area (Å²) in [5, 5.41) is 10.8. The Hall–Kier alpha value is -2.43. The topological polar surface area (TPSA) is 69.4 Å². The van der Waals surface area contributed by atoms with Crippen LogP contribution in [-0.4, -0.2) is 10.9 Å². The van der Waals surface area contributed by atoms with Gasteiger partial charge in [0.2, 0.25) is 0 Å². The van der Waals surface area contributed by atoms with Crippen molar-refractivity contribution in [2.24, 2.45) is 0 Å². The van der Waals surface area contributed by atoms with Crippen LogP contribution in [0.3, 0.4) is 0 Å². The smallest absolute Gasteiger partial charge is 0.339 e. The fourth-order valence-electron chi connectivity index (χ4n) is 2.62. The first-order valence-electron chi connectivity index (χ1n) is 6.56. The van der Waals surface area contributed by atoms with Crippen LogP contribution in [0, 0.1) is 10.1 Å². The van der Waals surface area contributed by atoms with E-state index in [4.69, 9.17) is 4.74 Å². The minimum atomic E-state index is -0.437. The minimum Gasteiger partial charge on any atom is -0.423 e. The molecule has 0 saturated heterocycles. The van der Waals surface area contributed by atoms with Gasteiger partial charge in [-0.2, -0.15) is 0 Å². The normalized spacial score (nSPS) is 20.0. The summed E-state index contributed by atoms with van der Waals surface area (Å²) in [4.78, 5) is 22.1. The second-order valence-electron chi connectivity index (χ2n) is 4.91. The first kappa shape index (κ1) is 12.6. The number of allylic oxidation sites excluding steroid dienone is 1. The Bertz CT molecular complexity index is 658. The second-order valence-corrected chi connectivity index (χ2v) is 4.91. The van der Waals surface area contributed by atoms with E-state index in [0.29, 0.717) is 11.3 Å². The number of nitrogens with zero attached hydrogens (tertiary/aromatic N) is 1. The lowest BCUT2D eigenvalue weighted by atomic mass is 9.92. The molecule has 1 aromatic rings. The molecule has 0 atom stereocenters. The number of rotatable bonds is 2. The van der Waals surface area contributed by atoms with Gasteiger partial charge in [-0.25, -0.2) is 4.79 Å². The van der Waals surface area contributed by atoms with Crippen molar-refractivity contribution in [2.75, 3.05) is 0 Å². The summed E-state index contributed by atoms with van der Waals surface area (Å²) < 4.78 is 5.29. The van der Waals surface area contributed by atoms with E-state index < -0.39 is 4.92 Å². The summed E-state index contributed by atoms with van der Waals surface area (Å²) in [6.07, 6.45) is 5.36. The summed E-state index contributed by atoms with van der Waals surface area (Å²) in [6, 6.07) is 6.29. The molecule has 0 amide bonds. The maximum absolute atomic E-state index is 11.8. The quantitative estimate of drug-likeness (QED) is 0.470. The highest BCUT2D eigenvalue weighted by molar-refractivity contribution is 5.95. The van der Waals surface area contributed by atoms with E-state index in [1.165, 1.54) is 12.1 Å². The SMILES string of the molecule is O=C1O/C(=C\c2cccc([N+](=O)[O-])c2)C2=C1CCCC2. The molecule has 1 aromatic carbocycles. The number of carbonyl (C=O) groups is 1. The fourth-order valence-corrected chi connectivity index (χ4v) is 2.62. The first-order valence-corrected chi connectivity index (χ1v) is 6.56. The number of hydrogen-bond acceptors (Lipinski definition) is 4. The van der Waals surface area contributed by atoms with Crippen LogP contribution in [0.1, 0.15) is 31.2 Å². The molecule has 1 aliphatic heterocycles. The van der Waals surface area contributed by atoms with Gasteiger partial charge >= 0.3 is 5.97 Å². The van der Waals surface area contributed by atoms with Gasteiger partial charge in [-0.1, -0.05) is 12.1 Å². The van der Waals surface area contributed by atoms with Gasteiger partial charge in [0.15, 0.2) is 0 Å². The molecular formula is C15H13NO4. The molecule has 5 heteroatoms. The van der Waals surface area contributed by atoms with Crippen LogP contribution in [0.2, 0.25) is 0 Å². The number of ether oxygens (including phenoxy) is 1. The number of nitro groups is 1. The van der Waals surface area contributed by atoms with Crippen molar-refractivity contribution in [3.8, 4) is 0 Å². The average Bonchev–Trinajstić information content (AvgIpc) is 2.76. The number of non-ortho nitro benzene ring substituents is 1. The molecule has 0 unspecified atom stereocenters. The van der Waals surface area contributed by atoms with E-state index in [1.54, 1.807) is 18.2 Å². The molecule has 0 N–H and O–H groups in total. The third-order valence-electron chi connectivity index (χ3n) is 3.59. The third-order valence-corrected chi connectivity index (χ3v) is 3.59. The molecule has 0 bridgehead atoms. The van der Waals surface area contributed by atoms with Gasteiger partial charge in [0.05, 0.1) is 4.92 Å². The Balaban J connectivity index is 1.97. The second kappa shape index (κ2) is 4.92. The van der Waals surface area contributed by atoms with E-state index >= 15 is 0 Å². The van der Waals surface area contributed by atoms with Crippen LogP contribution in [0.5, 0.6) is 0 Å². The van der Waals surface area contributed by atoms with Crippen LogP contribution in [0.15, 0.2) is 41.2 Å². The lowest BCUT2D eigenvalue weighted by Gasteiger charge is -2.10. The standard InChI is InChI=1S/C15H13NO4/c17-15-13-7-2-1-6-12(13)14(20-15)9-10-4-3-5-11(8-10)16(18)19/h3-5,8-9H,1-2,6-7H2/b14-9-. The number of nitro benzene ring substituents is 1. The zero-order valence-electron chi connectivity index (χ0n) is 10.8. The summed E-state index contributed by atoms with van der Waals surface area (Å²) in [5.74, 6) is 0.279. The highest BCUT2D eigenvalue weighted by Gasteiger charge is 2.31. The first-order chi connectivity index (χ1) is 9.65. The molecule has 0 fully saturated rings. The number of benzene rings is 1. The van der Waals surface area contributed by atoms with Crippen molar-refractivity contribution >= 4 is 17.7 Å². The third kappa shape index (κ3) is 2.22. The molecule has 102 valence electrons. The van der Waals surface area contributed by atoms with Crippen molar-refractivity contribution in [3.63, 3.8) is 0 Å². The van der Waals surface area contributed by atoms with Gasteiger partial charge < -0.3 is 4.74 Å². The van der Waals surface area contributed by atoms with E-state index in [-0.39, 0.29) is 11.7 Å². The monoisotopic (exact) mass is 271 g/mol. The zero-order chi connectivity index (χ0) is 14.1. The van der Waals surface area contributed by atoms with E-state index in [1.807, 2.05) is 0 Å². The largest absolute Gasteiger partial charge is 0.423 e. The molecule has 3 rings (SSSR count). The zero-order valence-corrected chi connectivity index (χ0v) is 10.8. The molecule has 2 aliphatic rings. The minimum absolute atomic E-state index is 0.0292. The van der Waals surface area contributed by atoms with Crippen molar-refractivity contribution in [1.82, 2.24) is 0 Å². The van der Waals surface area contributed by atoms with Crippen molar-refractivity contribution in [3.05, 3.63) is 56.8 Å². The summed E-state index contributed by atoms with van der Waals surface area (Å²) in [7, 11) is 0. The van der Waals surface area contributed by atoms with Crippen LogP contribution in [0.4, 0.5) is 5.69 Å². The Morgan fingerprint density at radius 3 is 2.70 bits per heavy atom. The summed E-state index contributed by atoms with van der Waals surface area (Å²) >= 11 is 0. The van der Waals surface area contributed by atoms with Crippen LogP contribution in [-0.2, 0) is 9.53 Å². The Labute approximate surface area is 115 Å². The highest BCUT2D eigenvalue weighted by Crippen LogP contribution is 2.37. The van der Waals surface area contributed by atoms with Crippen molar-refractivity contribution in [1.29, 1.82) is 0 Å². The van der Waals surface area contributed by atoms with Gasteiger partial charge in [-0.05, 0) is 37.3 Å². The van der Waals surface area contributed by atoms with Gasteiger partial charge in [-0.3, -0.25) is 10.1 Å². The van der Waals surface area contributed by atoms with Gasteiger partial charge in [-0.15, -0.1) is 0 Å². The molecule has 0 aromatic heterocycles. The van der Waals surface area contributed by atoms with E-state index in [2.05, 4.69) is 0 Å². The van der Waals surface area contributed by atoms with Crippen LogP contribution >= 0.6 is 0 Å². The van der Waals surface area contributed by atoms with Crippen LogP contribution in [0.25, 0.3) is 6.08 Å². The average molecular weight is 271 g/mol. The number of cyclic esters (lactones) is 1. The Morgan fingerprint density at radius 2 is 1.95 bits per heavy atom. The van der Waals surface area contributed by atoms with Crippen LogP contribution < -0.4 is 0 Å². The molecule has 0 radical (unpaired) electrons. The molecule has 1 heterocycles. The lowest BCUT2D eigenvalue weighted by Crippen LogP contribution is -2.01. The molecular weight excluding hydrogens is 258 g/mol. The predicted octanol–water partition coefficient (Wildman–Crippen LogP) is 3.36. The number of esters is 1. The van der Waals surface area contributed by atoms with Gasteiger partial charge in [0, 0.05) is 23.3 Å². The highest BCUT2D eigenvalue weighted by atomic mass is 16.6. The van der Waals surface area contributed by atoms with Crippen molar-refractivity contribution < 1.29 is 14.5 Å². The van der Waals surface area contributed by atoms with Gasteiger partial charge in [0.25, 0.3) is 5.69 Å². The van der Waals surface area contributed by atoms with Gasteiger partial charge in [0.1, 0.15) is 5.76 Å². The number of hydrogen-bond donors (Lipinski definition) is 0. The van der Waals surface area contributed by atoms with Crippen molar-refractivity contribution in [2.45, 2.75) is 25.7 Å². The Morgan fingerprint density at radius 1 is 1.20 bits per heavy atom. The maximum atomic E-state index is 11.8. The maximum Gasteiger partial charge on any atom is 0.339 e. The number of carbonyl (C=O) groups excluding carboxylic acids is 1. The molecule has 20 heavy (non-hydrogen) atoms. The summed E-state index contributed by atoms with van der Waals surface area (Å²) in [6.45, 7) is 0. The molecule has 0 saturated carbocycles. The van der Waals surface area contributed by atoms with E-state index in [9.17, 15) is 14.9 Å². The predicted molar refractivity (Wildman–Crippen MR) is 72.7 cm³/mol. The molecule has 5 nitrogen and oxygen atoms in total. The summed E-state index contributed by atoms with van der Waals surface area (Å²) in [5.41, 5.74) is 2.43.